The summed E-state index contributed by atoms with van der Waals surface area (Å²) in [5.74, 6) is 1.01. The lowest BCUT2D eigenvalue weighted by Gasteiger charge is -2.03. The van der Waals surface area contributed by atoms with Crippen LogP contribution in [-0.4, -0.2) is 29.1 Å². The van der Waals surface area contributed by atoms with Crippen LogP contribution in [0, 0.1) is 0 Å². The molecule has 0 aliphatic rings. The monoisotopic (exact) mass is 252 g/mol. The van der Waals surface area contributed by atoms with E-state index in [0.29, 0.717) is 34.5 Å². The molecular weight excluding hydrogens is 240 g/mol. The summed E-state index contributed by atoms with van der Waals surface area (Å²) in [6, 6.07) is 5.15. The van der Waals surface area contributed by atoms with E-state index in [9.17, 15) is 0 Å². The van der Waals surface area contributed by atoms with Crippen LogP contribution in [0.25, 0.3) is 11.5 Å². The van der Waals surface area contributed by atoms with E-state index in [1.807, 2.05) is 19.0 Å². The third kappa shape index (κ3) is 2.75. The van der Waals surface area contributed by atoms with Crippen molar-refractivity contribution < 1.29 is 4.52 Å². The van der Waals surface area contributed by atoms with Gasteiger partial charge in [-0.15, -0.1) is 0 Å². The van der Waals surface area contributed by atoms with E-state index in [-0.39, 0.29) is 0 Å². The van der Waals surface area contributed by atoms with E-state index in [0.717, 1.165) is 0 Å². The molecule has 1 aromatic carbocycles. The van der Waals surface area contributed by atoms with Gasteiger partial charge in [0.05, 0.1) is 12.1 Å². The first-order valence-electron chi connectivity index (χ1n) is 5.09. The fourth-order valence-corrected chi connectivity index (χ4v) is 1.60. The van der Waals surface area contributed by atoms with Crippen molar-refractivity contribution in [1.29, 1.82) is 0 Å². The molecule has 0 saturated heterocycles. The van der Waals surface area contributed by atoms with Gasteiger partial charge in [-0.1, -0.05) is 16.8 Å². The Morgan fingerprint density at radius 1 is 1.41 bits per heavy atom. The predicted octanol–water partition coefficient (Wildman–Crippen LogP) is 2.03. The molecule has 90 valence electrons. The first-order chi connectivity index (χ1) is 8.06. The van der Waals surface area contributed by atoms with E-state index in [1.165, 1.54) is 0 Å². The lowest BCUT2D eigenvalue weighted by atomic mass is 10.2. The normalized spacial score (nSPS) is 11.1. The Kier molecular flexibility index (Phi) is 3.31. The maximum Gasteiger partial charge on any atom is 0.260 e. The molecule has 0 unspecified atom stereocenters. The predicted molar refractivity (Wildman–Crippen MR) is 66.5 cm³/mol. The summed E-state index contributed by atoms with van der Waals surface area (Å²) >= 11 is 5.90. The average Bonchev–Trinajstić information content (AvgIpc) is 2.69. The highest BCUT2D eigenvalue weighted by atomic mass is 35.5. The number of rotatable bonds is 3. The quantitative estimate of drug-likeness (QED) is 0.847. The second-order valence-electron chi connectivity index (χ2n) is 3.99. The number of hydrogen-bond donors (Lipinski definition) is 1. The highest BCUT2D eigenvalue weighted by Crippen LogP contribution is 2.27. The molecule has 0 bridgehead atoms. The lowest BCUT2D eigenvalue weighted by Crippen LogP contribution is -2.11. The zero-order chi connectivity index (χ0) is 12.4. The van der Waals surface area contributed by atoms with E-state index in [1.54, 1.807) is 18.2 Å². The number of aromatic nitrogens is 2. The molecule has 0 fully saturated rings. The summed E-state index contributed by atoms with van der Waals surface area (Å²) in [4.78, 5) is 6.22. The number of nitrogens with zero attached hydrogens (tertiary/aromatic N) is 3. The van der Waals surface area contributed by atoms with Crippen molar-refractivity contribution in [1.82, 2.24) is 15.0 Å². The molecule has 0 atom stereocenters. The van der Waals surface area contributed by atoms with Crippen LogP contribution in [-0.2, 0) is 6.54 Å². The van der Waals surface area contributed by atoms with Crippen LogP contribution in [0.5, 0.6) is 0 Å². The Bertz CT molecular complexity index is 524. The average molecular weight is 253 g/mol. The van der Waals surface area contributed by atoms with Crippen LogP contribution in [0.15, 0.2) is 22.7 Å². The van der Waals surface area contributed by atoms with E-state index >= 15 is 0 Å². The van der Waals surface area contributed by atoms with Crippen molar-refractivity contribution in [2.45, 2.75) is 6.54 Å². The first-order valence-corrected chi connectivity index (χ1v) is 5.47. The van der Waals surface area contributed by atoms with Crippen LogP contribution in [0.4, 0.5) is 5.69 Å². The summed E-state index contributed by atoms with van der Waals surface area (Å²) in [6.07, 6.45) is 0. The minimum atomic E-state index is 0.391. The molecule has 0 amide bonds. The number of anilines is 1. The molecule has 1 heterocycles. The highest BCUT2D eigenvalue weighted by Gasteiger charge is 2.12. The largest absolute Gasteiger partial charge is 0.398 e. The minimum Gasteiger partial charge on any atom is -0.398 e. The van der Waals surface area contributed by atoms with Crippen LogP contribution in [0.3, 0.4) is 0 Å². The summed E-state index contributed by atoms with van der Waals surface area (Å²) in [5.41, 5.74) is 7.06. The Morgan fingerprint density at radius 3 is 2.88 bits per heavy atom. The molecule has 1 aromatic heterocycles. The van der Waals surface area contributed by atoms with E-state index in [2.05, 4.69) is 10.1 Å². The summed E-state index contributed by atoms with van der Waals surface area (Å²) in [6.45, 7) is 0.615. The van der Waals surface area contributed by atoms with Crippen molar-refractivity contribution in [3.05, 3.63) is 29.0 Å². The molecule has 17 heavy (non-hydrogen) atoms. The second kappa shape index (κ2) is 4.73. The van der Waals surface area contributed by atoms with Gasteiger partial charge >= 0.3 is 0 Å². The summed E-state index contributed by atoms with van der Waals surface area (Å²) in [7, 11) is 3.87. The van der Waals surface area contributed by atoms with E-state index in [4.69, 9.17) is 21.9 Å². The van der Waals surface area contributed by atoms with Gasteiger partial charge in [0.15, 0.2) is 5.82 Å². The SMILES string of the molecule is CN(C)Cc1noc(-c2cc(Cl)ccc2N)n1. The molecular formula is C11H13ClN4O. The minimum absolute atomic E-state index is 0.391. The third-order valence-corrected chi connectivity index (χ3v) is 2.41. The number of hydrogen-bond acceptors (Lipinski definition) is 5. The topological polar surface area (TPSA) is 68.2 Å². The van der Waals surface area contributed by atoms with Crippen LogP contribution in [0.1, 0.15) is 5.82 Å². The Morgan fingerprint density at radius 2 is 2.18 bits per heavy atom. The van der Waals surface area contributed by atoms with Crippen molar-refractivity contribution in [3.63, 3.8) is 0 Å². The fourth-order valence-electron chi connectivity index (χ4n) is 1.42. The Labute approximate surface area is 104 Å². The molecule has 0 aliphatic carbocycles. The Hall–Kier alpha value is -1.59. The molecule has 2 N–H and O–H groups in total. The van der Waals surface area contributed by atoms with Gasteiger partial charge in [-0.25, -0.2) is 0 Å². The molecule has 0 spiro atoms. The van der Waals surface area contributed by atoms with Gasteiger partial charge in [-0.2, -0.15) is 4.98 Å². The van der Waals surface area contributed by atoms with Crippen molar-refractivity contribution >= 4 is 17.3 Å². The second-order valence-corrected chi connectivity index (χ2v) is 4.42. The zero-order valence-corrected chi connectivity index (χ0v) is 10.4. The van der Waals surface area contributed by atoms with Gasteiger partial charge in [-0.3, -0.25) is 0 Å². The van der Waals surface area contributed by atoms with Crippen LogP contribution in [0.2, 0.25) is 5.02 Å². The lowest BCUT2D eigenvalue weighted by molar-refractivity contribution is 0.365. The fraction of sp³-hybridized carbons (Fsp3) is 0.273. The van der Waals surface area contributed by atoms with Crippen LogP contribution >= 0.6 is 11.6 Å². The molecule has 0 aliphatic heterocycles. The summed E-state index contributed by atoms with van der Waals surface area (Å²) in [5, 5.41) is 4.46. The maximum atomic E-state index is 5.90. The van der Waals surface area contributed by atoms with Gasteiger partial charge < -0.3 is 15.2 Å². The third-order valence-electron chi connectivity index (χ3n) is 2.17. The number of nitrogens with two attached hydrogens (primary N) is 1. The molecule has 6 heteroatoms. The number of nitrogen functional groups attached to an aromatic ring is 1. The smallest absolute Gasteiger partial charge is 0.260 e. The molecule has 2 rings (SSSR count). The van der Waals surface area contributed by atoms with Gasteiger partial charge in [0, 0.05) is 10.7 Å². The number of benzene rings is 1. The van der Waals surface area contributed by atoms with Crippen molar-refractivity contribution in [3.8, 4) is 11.5 Å². The Balaban J connectivity index is 2.33. The molecule has 0 radical (unpaired) electrons. The van der Waals surface area contributed by atoms with Gasteiger partial charge in [0.2, 0.25) is 0 Å². The molecule has 0 saturated carbocycles. The van der Waals surface area contributed by atoms with E-state index < -0.39 is 0 Å². The highest BCUT2D eigenvalue weighted by molar-refractivity contribution is 6.31. The van der Waals surface area contributed by atoms with Crippen molar-refractivity contribution in [2.75, 3.05) is 19.8 Å². The standard InChI is InChI=1S/C11H13ClN4O/c1-16(2)6-10-14-11(17-15-10)8-5-7(12)3-4-9(8)13/h3-5H,6,13H2,1-2H3. The zero-order valence-electron chi connectivity index (χ0n) is 9.64. The van der Waals surface area contributed by atoms with Crippen LogP contribution < -0.4 is 5.73 Å². The van der Waals surface area contributed by atoms with Gasteiger partial charge in [-0.05, 0) is 32.3 Å². The van der Waals surface area contributed by atoms with Gasteiger partial charge in [0.25, 0.3) is 5.89 Å². The van der Waals surface area contributed by atoms with Crippen molar-refractivity contribution in [2.24, 2.45) is 0 Å². The number of halogens is 1. The van der Waals surface area contributed by atoms with Gasteiger partial charge in [0.1, 0.15) is 0 Å². The molecule has 5 nitrogen and oxygen atoms in total. The molecule has 2 aromatic rings. The summed E-state index contributed by atoms with van der Waals surface area (Å²) < 4.78 is 5.16. The first kappa shape index (κ1) is 11.9. The maximum absolute atomic E-state index is 5.90.